The molecule has 2 aromatic rings. The van der Waals surface area contributed by atoms with E-state index in [1.807, 2.05) is 36.4 Å². The molecule has 0 bridgehead atoms. The molecule has 134 valence electrons. The molecule has 0 saturated carbocycles. The number of benzene rings is 2. The summed E-state index contributed by atoms with van der Waals surface area (Å²) in [7, 11) is 0. The molecule has 2 aliphatic rings. The predicted molar refractivity (Wildman–Crippen MR) is 98.2 cm³/mol. The molecule has 1 unspecified atom stereocenters. The van der Waals surface area contributed by atoms with Crippen LogP contribution in [0, 0.1) is 0 Å². The smallest absolute Gasteiger partial charge is 0.325 e. The summed E-state index contributed by atoms with van der Waals surface area (Å²) < 4.78 is 5.63. The summed E-state index contributed by atoms with van der Waals surface area (Å²) in [6.07, 6.45) is 2.42. The van der Waals surface area contributed by atoms with Crippen LogP contribution < -0.4 is 10.1 Å². The van der Waals surface area contributed by atoms with Crippen molar-refractivity contribution in [1.82, 2.24) is 10.2 Å². The molecule has 2 aromatic carbocycles. The van der Waals surface area contributed by atoms with Gasteiger partial charge in [-0.05, 0) is 42.5 Å². The average molecular weight is 371 g/mol. The summed E-state index contributed by atoms with van der Waals surface area (Å²) >= 11 is 6.06. The monoisotopic (exact) mass is 370 g/mol. The van der Waals surface area contributed by atoms with Crippen LogP contribution in [0.25, 0.3) is 0 Å². The van der Waals surface area contributed by atoms with Gasteiger partial charge in [-0.2, -0.15) is 0 Å². The lowest BCUT2D eigenvalue weighted by molar-refractivity contribution is -0.132. The number of carbonyl (C=O) groups excluding carboxylic acids is 2. The van der Waals surface area contributed by atoms with Crippen LogP contribution in [0.3, 0.4) is 0 Å². The molecule has 0 radical (unpaired) electrons. The van der Waals surface area contributed by atoms with Crippen LogP contribution in [-0.2, 0) is 16.8 Å². The minimum Gasteiger partial charge on any atom is -0.490 e. The van der Waals surface area contributed by atoms with E-state index in [1.165, 1.54) is 4.90 Å². The maximum Gasteiger partial charge on any atom is 0.325 e. The molecule has 1 aliphatic carbocycles. The largest absolute Gasteiger partial charge is 0.490 e. The Kier molecular flexibility index (Phi) is 4.32. The molecule has 0 aromatic heterocycles. The third-order valence-corrected chi connectivity index (χ3v) is 5.37. The molecule has 1 spiro atoms. The maximum absolute atomic E-state index is 13.1. The summed E-state index contributed by atoms with van der Waals surface area (Å²) in [5.74, 6) is 0.344. The number of fused-ring (bicyclic) bond motifs is 2. The predicted octanol–water partition coefficient (Wildman–Crippen LogP) is 3.50. The van der Waals surface area contributed by atoms with Gasteiger partial charge in [0.1, 0.15) is 17.9 Å². The van der Waals surface area contributed by atoms with Crippen molar-refractivity contribution in [2.24, 2.45) is 0 Å². The summed E-state index contributed by atoms with van der Waals surface area (Å²) in [6, 6.07) is 14.6. The number of carbonyl (C=O) groups is 2. The summed E-state index contributed by atoms with van der Waals surface area (Å²) in [5.41, 5.74) is 1.11. The van der Waals surface area contributed by atoms with E-state index in [0.717, 1.165) is 24.0 Å². The number of amides is 3. The van der Waals surface area contributed by atoms with Gasteiger partial charge in [0.25, 0.3) is 5.91 Å². The highest BCUT2D eigenvalue weighted by Gasteiger charge is 2.53. The number of urea groups is 1. The normalized spacial score (nSPS) is 21.7. The van der Waals surface area contributed by atoms with Gasteiger partial charge in [-0.25, -0.2) is 4.79 Å². The Hall–Kier alpha value is -2.53. The van der Waals surface area contributed by atoms with E-state index in [2.05, 4.69) is 5.32 Å². The average Bonchev–Trinajstić information content (AvgIpc) is 2.88. The topological polar surface area (TPSA) is 58.6 Å². The molecule has 3 amide bonds. The highest BCUT2D eigenvalue weighted by atomic mass is 35.5. The molecule has 4 rings (SSSR count). The Morgan fingerprint density at radius 3 is 2.73 bits per heavy atom. The lowest BCUT2D eigenvalue weighted by Gasteiger charge is -2.33. The number of imide groups is 1. The van der Waals surface area contributed by atoms with Crippen molar-refractivity contribution in [2.45, 2.75) is 24.8 Å². The molecule has 1 aliphatic heterocycles. The van der Waals surface area contributed by atoms with Crippen LogP contribution in [0.4, 0.5) is 4.79 Å². The number of ether oxygens (including phenoxy) is 1. The van der Waals surface area contributed by atoms with Crippen LogP contribution in [0.1, 0.15) is 24.0 Å². The highest BCUT2D eigenvalue weighted by Crippen LogP contribution is 2.39. The summed E-state index contributed by atoms with van der Waals surface area (Å²) in [5, 5.41) is 3.44. The molecule has 1 atom stereocenters. The summed E-state index contributed by atoms with van der Waals surface area (Å²) in [4.78, 5) is 26.9. The lowest BCUT2D eigenvalue weighted by atomic mass is 9.76. The second-order valence-corrected chi connectivity index (χ2v) is 6.99. The van der Waals surface area contributed by atoms with E-state index in [0.29, 0.717) is 17.2 Å². The molecule has 1 fully saturated rings. The molecule has 1 N–H and O–H groups in total. The van der Waals surface area contributed by atoms with E-state index in [1.54, 1.807) is 12.1 Å². The highest BCUT2D eigenvalue weighted by molar-refractivity contribution is 6.32. The van der Waals surface area contributed by atoms with E-state index in [9.17, 15) is 9.59 Å². The fourth-order valence-corrected chi connectivity index (χ4v) is 4.01. The van der Waals surface area contributed by atoms with Gasteiger partial charge in [0, 0.05) is 0 Å². The van der Waals surface area contributed by atoms with Crippen molar-refractivity contribution in [3.05, 3.63) is 64.7 Å². The SMILES string of the molecule is O=C1NC2(CCCc3ccccc32)C(=O)N1CCOc1ccccc1Cl. The van der Waals surface area contributed by atoms with E-state index in [4.69, 9.17) is 16.3 Å². The van der Waals surface area contributed by atoms with Crippen LogP contribution in [0.5, 0.6) is 5.75 Å². The fraction of sp³-hybridized carbons (Fsp3) is 0.300. The van der Waals surface area contributed by atoms with Gasteiger partial charge in [0.2, 0.25) is 0 Å². The van der Waals surface area contributed by atoms with Gasteiger partial charge in [-0.3, -0.25) is 9.69 Å². The zero-order chi connectivity index (χ0) is 18.1. The van der Waals surface area contributed by atoms with Gasteiger partial charge in [-0.1, -0.05) is 48.0 Å². The number of halogens is 1. The van der Waals surface area contributed by atoms with Gasteiger partial charge in [0.15, 0.2) is 0 Å². The minimum atomic E-state index is -0.934. The molecule has 26 heavy (non-hydrogen) atoms. The van der Waals surface area contributed by atoms with Crippen molar-refractivity contribution in [1.29, 1.82) is 0 Å². The molecular weight excluding hydrogens is 352 g/mol. The van der Waals surface area contributed by atoms with Crippen LogP contribution in [-0.4, -0.2) is 30.0 Å². The van der Waals surface area contributed by atoms with E-state index < -0.39 is 5.54 Å². The third kappa shape index (κ3) is 2.72. The van der Waals surface area contributed by atoms with Gasteiger partial charge in [-0.15, -0.1) is 0 Å². The van der Waals surface area contributed by atoms with Crippen molar-refractivity contribution < 1.29 is 14.3 Å². The molecule has 1 saturated heterocycles. The first-order valence-electron chi connectivity index (χ1n) is 8.72. The molecule has 6 heteroatoms. The second-order valence-electron chi connectivity index (χ2n) is 6.58. The zero-order valence-corrected chi connectivity index (χ0v) is 15.0. The Bertz CT molecular complexity index is 870. The van der Waals surface area contributed by atoms with Crippen molar-refractivity contribution in [2.75, 3.05) is 13.2 Å². The minimum absolute atomic E-state index is 0.180. The first kappa shape index (κ1) is 16.9. The molecular formula is C20H19ClN2O3. The maximum atomic E-state index is 13.1. The van der Waals surface area contributed by atoms with Crippen LogP contribution in [0.2, 0.25) is 5.02 Å². The first-order chi connectivity index (χ1) is 12.6. The van der Waals surface area contributed by atoms with Crippen LogP contribution in [0.15, 0.2) is 48.5 Å². The number of nitrogens with one attached hydrogen (secondary N) is 1. The third-order valence-electron chi connectivity index (χ3n) is 5.06. The standard InChI is InChI=1S/C20H19ClN2O3/c21-16-9-3-4-10-17(16)26-13-12-23-18(24)20(22-19(23)25)11-5-7-14-6-1-2-8-15(14)20/h1-4,6,8-10H,5,7,11-13H2,(H,22,25). The van der Waals surface area contributed by atoms with E-state index in [-0.39, 0.29) is 25.1 Å². The number of hydrogen-bond acceptors (Lipinski definition) is 3. The van der Waals surface area contributed by atoms with Gasteiger partial charge in [0.05, 0.1) is 11.6 Å². The quantitative estimate of drug-likeness (QED) is 0.838. The Labute approximate surface area is 156 Å². The first-order valence-corrected chi connectivity index (χ1v) is 9.09. The zero-order valence-electron chi connectivity index (χ0n) is 14.2. The number of rotatable bonds is 4. The molecule has 1 heterocycles. The number of aryl methyl sites for hydroxylation is 1. The number of para-hydroxylation sites is 1. The van der Waals surface area contributed by atoms with Crippen LogP contribution >= 0.6 is 11.6 Å². The van der Waals surface area contributed by atoms with Crippen molar-refractivity contribution in [3.63, 3.8) is 0 Å². The Morgan fingerprint density at radius 1 is 1.12 bits per heavy atom. The Morgan fingerprint density at radius 2 is 1.88 bits per heavy atom. The summed E-state index contributed by atoms with van der Waals surface area (Å²) in [6.45, 7) is 0.375. The second kappa shape index (κ2) is 6.65. The van der Waals surface area contributed by atoms with Gasteiger partial charge >= 0.3 is 6.03 Å². The fourth-order valence-electron chi connectivity index (χ4n) is 3.82. The lowest BCUT2D eigenvalue weighted by Crippen LogP contribution is -2.46. The number of hydrogen-bond donors (Lipinski definition) is 1. The molecule has 5 nitrogen and oxygen atoms in total. The Balaban J connectivity index is 1.51. The van der Waals surface area contributed by atoms with E-state index >= 15 is 0 Å². The van der Waals surface area contributed by atoms with Crippen molar-refractivity contribution in [3.8, 4) is 5.75 Å². The van der Waals surface area contributed by atoms with Gasteiger partial charge < -0.3 is 10.1 Å². The van der Waals surface area contributed by atoms with Crippen molar-refractivity contribution >= 4 is 23.5 Å². The number of nitrogens with zero attached hydrogens (tertiary/aromatic N) is 1.